The number of rotatable bonds is 6. The van der Waals surface area contributed by atoms with E-state index in [1.54, 1.807) is 13.8 Å². The molecule has 0 saturated carbocycles. The van der Waals surface area contributed by atoms with Crippen LogP contribution in [0.3, 0.4) is 0 Å². The van der Waals surface area contributed by atoms with Crippen LogP contribution in [0, 0.1) is 5.41 Å². The second kappa shape index (κ2) is 6.93. The third kappa shape index (κ3) is 6.60. The number of carbonyl (C=O) groups excluding carboxylic acids is 2. The van der Waals surface area contributed by atoms with Gasteiger partial charge in [0.1, 0.15) is 19.0 Å². The molecule has 0 aromatic rings. The highest BCUT2D eigenvalue weighted by molar-refractivity contribution is 5.75. The average molecular weight is 244 g/mol. The van der Waals surface area contributed by atoms with Crippen LogP contribution in [0.5, 0.6) is 0 Å². The van der Waals surface area contributed by atoms with E-state index in [0.717, 1.165) is 0 Å². The summed E-state index contributed by atoms with van der Waals surface area (Å²) in [5.74, 6) is -0.0593. The maximum Gasteiger partial charge on any atom is 0.513 e. The van der Waals surface area contributed by atoms with Crippen molar-refractivity contribution in [2.45, 2.75) is 34.1 Å². The van der Waals surface area contributed by atoms with Crippen LogP contribution < -0.4 is 0 Å². The van der Waals surface area contributed by atoms with Crippen LogP contribution in [0.4, 0.5) is 4.79 Å². The fourth-order valence-corrected chi connectivity index (χ4v) is 0.771. The number of carbonyl (C=O) groups is 2. The van der Waals surface area contributed by atoms with E-state index < -0.39 is 11.6 Å². The van der Waals surface area contributed by atoms with Gasteiger partial charge >= 0.3 is 12.1 Å². The Morgan fingerprint density at radius 2 is 1.71 bits per heavy atom. The van der Waals surface area contributed by atoms with E-state index in [2.05, 4.69) is 16.1 Å². The van der Waals surface area contributed by atoms with Crippen molar-refractivity contribution in [1.29, 1.82) is 0 Å². The molecule has 0 radical (unpaired) electrons. The summed E-state index contributed by atoms with van der Waals surface area (Å²) in [6.07, 6.45) is -0.159. The van der Waals surface area contributed by atoms with Crippen LogP contribution in [0.25, 0.3) is 0 Å². The van der Waals surface area contributed by atoms with Gasteiger partial charge in [-0.25, -0.2) is 4.79 Å². The molecule has 0 atom stereocenters. The minimum absolute atomic E-state index is 0.0214. The predicted molar refractivity (Wildman–Crippen MR) is 62.3 cm³/mol. The zero-order chi connectivity index (χ0) is 13.5. The van der Waals surface area contributed by atoms with Gasteiger partial charge < -0.3 is 14.2 Å². The molecule has 0 aliphatic carbocycles. The summed E-state index contributed by atoms with van der Waals surface area (Å²) in [7, 11) is 0. The first-order chi connectivity index (χ1) is 7.79. The summed E-state index contributed by atoms with van der Waals surface area (Å²) >= 11 is 0. The molecule has 0 aliphatic rings. The van der Waals surface area contributed by atoms with Gasteiger partial charge in [-0.2, -0.15) is 0 Å². The minimum atomic E-state index is -0.844. The third-order valence-electron chi connectivity index (χ3n) is 2.23. The largest absolute Gasteiger partial charge is 0.513 e. The quantitative estimate of drug-likeness (QED) is 0.408. The minimum Gasteiger partial charge on any atom is -0.462 e. The molecule has 0 bridgehead atoms. The Hall–Kier alpha value is -1.52. The lowest BCUT2D eigenvalue weighted by atomic mass is 9.91. The lowest BCUT2D eigenvalue weighted by Crippen LogP contribution is -2.27. The lowest BCUT2D eigenvalue weighted by Gasteiger charge is -2.20. The van der Waals surface area contributed by atoms with Crippen LogP contribution in [-0.4, -0.2) is 25.3 Å². The summed E-state index contributed by atoms with van der Waals surface area (Å²) in [6, 6.07) is 0. The van der Waals surface area contributed by atoms with E-state index in [1.165, 1.54) is 6.92 Å². The molecule has 0 heterocycles. The first kappa shape index (κ1) is 15.5. The summed E-state index contributed by atoms with van der Waals surface area (Å²) in [5.41, 5.74) is -0.516. The van der Waals surface area contributed by atoms with E-state index >= 15 is 0 Å². The molecule has 98 valence electrons. The second-order valence-corrected chi connectivity index (χ2v) is 4.28. The molecular formula is C12H20O5. The Balaban J connectivity index is 3.75. The highest BCUT2D eigenvalue weighted by Crippen LogP contribution is 2.21. The maximum atomic E-state index is 11.5. The molecule has 5 nitrogen and oxygen atoms in total. The predicted octanol–water partition coefficient (Wildman–Crippen LogP) is 2.65. The van der Waals surface area contributed by atoms with E-state index in [4.69, 9.17) is 4.74 Å². The van der Waals surface area contributed by atoms with E-state index in [-0.39, 0.29) is 24.9 Å². The van der Waals surface area contributed by atoms with Crippen molar-refractivity contribution in [1.82, 2.24) is 0 Å². The van der Waals surface area contributed by atoms with Crippen molar-refractivity contribution < 1.29 is 23.8 Å². The zero-order valence-corrected chi connectivity index (χ0v) is 10.9. The van der Waals surface area contributed by atoms with Gasteiger partial charge in [-0.15, -0.1) is 0 Å². The molecular weight excluding hydrogens is 224 g/mol. The topological polar surface area (TPSA) is 61.8 Å². The number of ether oxygens (including phenoxy) is 3. The number of hydrogen-bond acceptors (Lipinski definition) is 5. The SMILES string of the molecule is C=C(C)OC(=O)OCCOC(=O)C(C)(C)CC. The number of allylic oxidation sites excluding steroid dienone is 1. The second-order valence-electron chi connectivity index (χ2n) is 4.28. The maximum absolute atomic E-state index is 11.5. The van der Waals surface area contributed by atoms with Crippen LogP contribution in [0.15, 0.2) is 12.3 Å². The van der Waals surface area contributed by atoms with Gasteiger partial charge in [-0.3, -0.25) is 4.79 Å². The highest BCUT2D eigenvalue weighted by atomic mass is 16.7. The molecule has 0 aromatic heterocycles. The van der Waals surface area contributed by atoms with Crippen LogP contribution >= 0.6 is 0 Å². The van der Waals surface area contributed by atoms with Crippen molar-refractivity contribution in [3.8, 4) is 0 Å². The number of hydrogen-bond donors (Lipinski definition) is 0. The molecule has 0 saturated heterocycles. The normalized spacial score (nSPS) is 10.6. The van der Waals surface area contributed by atoms with Gasteiger partial charge in [0.15, 0.2) is 0 Å². The standard InChI is InChI=1S/C12H20O5/c1-6-12(4,5)10(13)15-7-8-16-11(14)17-9(2)3/h2,6-8H2,1,3-5H3. The fourth-order valence-electron chi connectivity index (χ4n) is 0.771. The lowest BCUT2D eigenvalue weighted by molar-refractivity contribution is -0.155. The third-order valence-corrected chi connectivity index (χ3v) is 2.23. The van der Waals surface area contributed by atoms with Crippen LogP contribution in [-0.2, 0) is 19.0 Å². The molecule has 0 aliphatic heterocycles. The average Bonchev–Trinajstić information content (AvgIpc) is 2.23. The molecule has 0 unspecified atom stereocenters. The van der Waals surface area contributed by atoms with Gasteiger partial charge in [0.2, 0.25) is 0 Å². The highest BCUT2D eigenvalue weighted by Gasteiger charge is 2.26. The molecule has 0 spiro atoms. The monoisotopic (exact) mass is 244 g/mol. The smallest absolute Gasteiger partial charge is 0.462 e. The Labute approximate surface area is 102 Å². The summed E-state index contributed by atoms with van der Waals surface area (Å²) in [6.45, 7) is 10.4. The fraction of sp³-hybridized carbons (Fsp3) is 0.667. The van der Waals surface area contributed by atoms with Gasteiger partial charge in [0.05, 0.1) is 5.41 Å². The Morgan fingerprint density at radius 1 is 1.18 bits per heavy atom. The summed E-state index contributed by atoms with van der Waals surface area (Å²) in [4.78, 5) is 22.4. The Bertz CT molecular complexity index is 293. The molecule has 0 N–H and O–H groups in total. The first-order valence-corrected chi connectivity index (χ1v) is 5.47. The first-order valence-electron chi connectivity index (χ1n) is 5.47. The Morgan fingerprint density at radius 3 is 2.18 bits per heavy atom. The number of esters is 1. The van der Waals surface area contributed by atoms with Crippen LogP contribution in [0.1, 0.15) is 34.1 Å². The molecule has 0 amide bonds. The van der Waals surface area contributed by atoms with Gasteiger partial charge in [-0.05, 0) is 27.2 Å². The van der Waals surface area contributed by atoms with Gasteiger partial charge in [0, 0.05) is 0 Å². The van der Waals surface area contributed by atoms with Crippen molar-refractivity contribution in [2.24, 2.45) is 5.41 Å². The van der Waals surface area contributed by atoms with Gasteiger partial charge in [-0.1, -0.05) is 13.5 Å². The summed E-state index contributed by atoms with van der Waals surface area (Å²) < 4.78 is 14.2. The Kier molecular flexibility index (Phi) is 6.31. The molecule has 5 heteroatoms. The van der Waals surface area contributed by atoms with Crippen molar-refractivity contribution in [2.75, 3.05) is 13.2 Å². The molecule has 0 fully saturated rings. The van der Waals surface area contributed by atoms with Crippen molar-refractivity contribution >= 4 is 12.1 Å². The molecule has 17 heavy (non-hydrogen) atoms. The zero-order valence-electron chi connectivity index (χ0n) is 10.9. The van der Waals surface area contributed by atoms with Gasteiger partial charge in [0.25, 0.3) is 0 Å². The molecule has 0 aromatic carbocycles. The van der Waals surface area contributed by atoms with Crippen molar-refractivity contribution in [3.63, 3.8) is 0 Å². The van der Waals surface area contributed by atoms with Crippen LogP contribution in [0.2, 0.25) is 0 Å². The van der Waals surface area contributed by atoms with E-state index in [9.17, 15) is 9.59 Å². The van der Waals surface area contributed by atoms with E-state index in [1.807, 2.05) is 6.92 Å². The van der Waals surface area contributed by atoms with E-state index in [0.29, 0.717) is 6.42 Å². The van der Waals surface area contributed by atoms with Crippen molar-refractivity contribution in [3.05, 3.63) is 12.3 Å². The molecule has 0 rings (SSSR count). The summed E-state index contributed by atoms with van der Waals surface area (Å²) in [5, 5.41) is 0.